The Balaban J connectivity index is 1.73. The Labute approximate surface area is 143 Å². The van der Waals surface area contributed by atoms with Gasteiger partial charge in [-0.1, -0.05) is 11.8 Å². The summed E-state index contributed by atoms with van der Waals surface area (Å²) in [5, 5.41) is 9.18. The molecular formula is C16H17N5O2S. The summed E-state index contributed by atoms with van der Waals surface area (Å²) in [6, 6.07) is 7.59. The van der Waals surface area contributed by atoms with Crippen molar-refractivity contribution in [1.82, 2.24) is 19.7 Å². The summed E-state index contributed by atoms with van der Waals surface area (Å²) < 4.78 is 7.27. The fourth-order valence-corrected chi connectivity index (χ4v) is 3.17. The molecule has 3 rings (SSSR count). The summed E-state index contributed by atoms with van der Waals surface area (Å²) in [6.07, 6.45) is 6.27. The molecule has 0 bridgehead atoms. The van der Waals surface area contributed by atoms with E-state index in [1.807, 2.05) is 22.8 Å². The molecule has 7 nitrogen and oxygen atoms in total. The zero-order valence-corrected chi connectivity index (χ0v) is 13.8. The Hall–Kier alpha value is -2.61. The maximum atomic E-state index is 11.1. The molecule has 3 aromatic rings. The summed E-state index contributed by atoms with van der Waals surface area (Å²) >= 11 is 1.59. The summed E-state index contributed by atoms with van der Waals surface area (Å²) in [4.78, 5) is 15.1. The predicted molar refractivity (Wildman–Crippen MR) is 90.2 cm³/mol. The van der Waals surface area contributed by atoms with Crippen molar-refractivity contribution in [3.05, 3.63) is 48.5 Å². The number of thioether (sulfide) groups is 1. The highest BCUT2D eigenvalue weighted by molar-refractivity contribution is 7.99. The first kappa shape index (κ1) is 16.3. The quantitative estimate of drug-likeness (QED) is 0.629. The number of furan rings is 1. The molecule has 2 N–H and O–H groups in total. The highest BCUT2D eigenvalue weighted by Gasteiger charge is 2.16. The van der Waals surface area contributed by atoms with Crippen LogP contribution in [0.4, 0.5) is 0 Å². The summed E-state index contributed by atoms with van der Waals surface area (Å²) in [5.41, 5.74) is 6.49. The van der Waals surface area contributed by atoms with Crippen molar-refractivity contribution in [2.45, 2.75) is 24.5 Å². The molecule has 24 heavy (non-hydrogen) atoms. The van der Waals surface area contributed by atoms with E-state index in [0.29, 0.717) is 18.1 Å². The third-order valence-electron chi connectivity index (χ3n) is 3.41. The fourth-order valence-electron chi connectivity index (χ4n) is 2.22. The molecule has 0 aliphatic carbocycles. The summed E-state index contributed by atoms with van der Waals surface area (Å²) in [6.45, 7) is 0.427. The van der Waals surface area contributed by atoms with Crippen LogP contribution < -0.4 is 5.73 Å². The Morgan fingerprint density at radius 2 is 2.08 bits per heavy atom. The molecule has 0 aliphatic rings. The number of rotatable bonds is 8. The second-order valence-electron chi connectivity index (χ2n) is 5.11. The molecule has 8 heteroatoms. The number of aryl methyl sites for hydroxylation is 1. The largest absolute Gasteiger partial charge is 0.461 e. The van der Waals surface area contributed by atoms with Gasteiger partial charge >= 0.3 is 0 Å². The van der Waals surface area contributed by atoms with E-state index in [1.54, 1.807) is 36.5 Å². The third-order valence-corrected chi connectivity index (χ3v) is 4.38. The molecule has 1 amide bonds. The van der Waals surface area contributed by atoms with Gasteiger partial charge in [-0.2, -0.15) is 0 Å². The smallest absolute Gasteiger partial charge is 0.219 e. The normalized spacial score (nSPS) is 10.8. The number of nitrogens with two attached hydrogens (primary N) is 1. The molecule has 124 valence electrons. The minimum absolute atomic E-state index is 0.226. The summed E-state index contributed by atoms with van der Waals surface area (Å²) in [7, 11) is 0. The van der Waals surface area contributed by atoms with E-state index in [4.69, 9.17) is 10.2 Å². The first-order valence-corrected chi connectivity index (χ1v) is 8.49. The van der Waals surface area contributed by atoms with Crippen molar-refractivity contribution in [3.8, 4) is 11.6 Å². The highest BCUT2D eigenvalue weighted by Crippen LogP contribution is 2.25. The van der Waals surface area contributed by atoms with Crippen LogP contribution in [0.2, 0.25) is 0 Å². The number of hydrogen-bond acceptors (Lipinski definition) is 6. The second kappa shape index (κ2) is 7.78. The van der Waals surface area contributed by atoms with Gasteiger partial charge in [0.05, 0.1) is 6.26 Å². The van der Waals surface area contributed by atoms with Crippen LogP contribution in [0.5, 0.6) is 0 Å². The summed E-state index contributed by atoms with van der Waals surface area (Å²) in [5.74, 6) is 1.71. The van der Waals surface area contributed by atoms with E-state index in [-0.39, 0.29) is 12.3 Å². The average Bonchev–Trinajstić information content (AvgIpc) is 3.23. The Morgan fingerprint density at radius 3 is 2.79 bits per heavy atom. The van der Waals surface area contributed by atoms with E-state index >= 15 is 0 Å². The Kier molecular flexibility index (Phi) is 5.27. The first-order chi connectivity index (χ1) is 11.7. The minimum Gasteiger partial charge on any atom is -0.461 e. The lowest BCUT2D eigenvalue weighted by Crippen LogP contribution is -2.15. The number of hydrogen-bond donors (Lipinski definition) is 1. The van der Waals surface area contributed by atoms with Crippen molar-refractivity contribution in [2.24, 2.45) is 5.73 Å². The van der Waals surface area contributed by atoms with Crippen LogP contribution >= 0.6 is 11.8 Å². The van der Waals surface area contributed by atoms with Gasteiger partial charge in [0.2, 0.25) is 5.91 Å². The molecular weight excluding hydrogens is 326 g/mol. The number of primary amides is 1. The molecule has 3 aromatic heterocycles. The lowest BCUT2D eigenvalue weighted by Gasteiger charge is -2.07. The molecule has 3 heterocycles. The Morgan fingerprint density at radius 1 is 1.25 bits per heavy atom. The lowest BCUT2D eigenvalue weighted by molar-refractivity contribution is -0.118. The zero-order valence-electron chi connectivity index (χ0n) is 13.0. The molecule has 0 aliphatic heterocycles. The topological polar surface area (TPSA) is 99.8 Å². The molecule has 0 spiro atoms. The van der Waals surface area contributed by atoms with E-state index in [0.717, 1.165) is 17.3 Å². The number of pyridine rings is 1. The minimum atomic E-state index is -0.359. The number of nitrogens with zero attached hydrogens (tertiary/aromatic N) is 4. The molecule has 0 fully saturated rings. The van der Waals surface area contributed by atoms with Gasteiger partial charge in [0.15, 0.2) is 16.7 Å². The average molecular weight is 343 g/mol. The van der Waals surface area contributed by atoms with Gasteiger partial charge in [0, 0.05) is 31.1 Å². The number of carbonyl (C=O) groups excluding carboxylic acids is 1. The molecule has 0 radical (unpaired) electrons. The molecule has 0 saturated carbocycles. The van der Waals surface area contributed by atoms with Crippen molar-refractivity contribution in [1.29, 1.82) is 0 Å². The van der Waals surface area contributed by atoms with Gasteiger partial charge in [-0.05, 0) is 36.2 Å². The fraction of sp³-hybridized carbons (Fsp3) is 0.250. The number of carbonyl (C=O) groups is 1. The standard InChI is InChI=1S/C16H17N5O2S/c17-14(22)5-9-21-15(13-2-1-10-23-13)19-20-16(21)24-11-6-12-3-7-18-8-4-12/h1-4,7-8,10H,5-6,9,11H2,(H2,17,22). The Bertz CT molecular complexity index is 786. The van der Waals surface area contributed by atoms with Crippen molar-refractivity contribution >= 4 is 17.7 Å². The SMILES string of the molecule is NC(=O)CCn1c(SCCc2ccncc2)nnc1-c1ccco1. The van der Waals surface area contributed by atoms with Gasteiger partial charge in [0.1, 0.15) is 0 Å². The van der Waals surface area contributed by atoms with Crippen LogP contribution in [0.3, 0.4) is 0 Å². The van der Waals surface area contributed by atoms with Gasteiger partial charge < -0.3 is 10.2 Å². The zero-order chi connectivity index (χ0) is 16.8. The number of aromatic nitrogens is 4. The highest BCUT2D eigenvalue weighted by atomic mass is 32.2. The van der Waals surface area contributed by atoms with Crippen LogP contribution in [0.25, 0.3) is 11.6 Å². The van der Waals surface area contributed by atoms with Gasteiger partial charge in [-0.15, -0.1) is 10.2 Å². The molecule has 0 saturated heterocycles. The predicted octanol–water partition coefficient (Wildman–Crippen LogP) is 2.14. The van der Waals surface area contributed by atoms with Crippen LogP contribution in [-0.4, -0.2) is 31.4 Å². The van der Waals surface area contributed by atoms with Crippen LogP contribution in [0, 0.1) is 0 Å². The first-order valence-electron chi connectivity index (χ1n) is 7.51. The van der Waals surface area contributed by atoms with E-state index < -0.39 is 0 Å². The van der Waals surface area contributed by atoms with Crippen molar-refractivity contribution in [3.63, 3.8) is 0 Å². The molecule has 0 atom stereocenters. The van der Waals surface area contributed by atoms with Crippen LogP contribution in [-0.2, 0) is 17.8 Å². The van der Waals surface area contributed by atoms with Gasteiger partial charge in [-0.3, -0.25) is 14.3 Å². The van der Waals surface area contributed by atoms with Crippen LogP contribution in [0.1, 0.15) is 12.0 Å². The molecule has 0 unspecified atom stereocenters. The second-order valence-corrected chi connectivity index (χ2v) is 6.17. The van der Waals surface area contributed by atoms with E-state index in [9.17, 15) is 4.79 Å². The molecule has 0 aromatic carbocycles. The van der Waals surface area contributed by atoms with Crippen molar-refractivity contribution < 1.29 is 9.21 Å². The van der Waals surface area contributed by atoms with Crippen LogP contribution in [0.15, 0.2) is 52.5 Å². The van der Waals surface area contributed by atoms with Crippen molar-refractivity contribution in [2.75, 3.05) is 5.75 Å². The maximum absolute atomic E-state index is 11.1. The van der Waals surface area contributed by atoms with Gasteiger partial charge in [-0.25, -0.2) is 0 Å². The third kappa shape index (κ3) is 4.02. The lowest BCUT2D eigenvalue weighted by atomic mass is 10.2. The maximum Gasteiger partial charge on any atom is 0.219 e. The van der Waals surface area contributed by atoms with E-state index in [2.05, 4.69) is 15.2 Å². The van der Waals surface area contributed by atoms with E-state index in [1.165, 1.54) is 5.56 Å². The number of amides is 1. The monoisotopic (exact) mass is 343 g/mol. The van der Waals surface area contributed by atoms with Gasteiger partial charge in [0.25, 0.3) is 0 Å².